The Morgan fingerprint density at radius 3 is 2.74 bits per heavy atom. The number of nitrogens with one attached hydrogen (secondary N) is 1. The van der Waals surface area contributed by atoms with E-state index in [-0.39, 0.29) is 6.04 Å². The molecule has 0 radical (unpaired) electrons. The van der Waals surface area contributed by atoms with E-state index in [4.69, 9.17) is 0 Å². The van der Waals surface area contributed by atoms with Gasteiger partial charge in [-0.05, 0) is 50.2 Å². The van der Waals surface area contributed by atoms with Gasteiger partial charge < -0.3 is 10.2 Å². The topological polar surface area (TPSA) is 45.2 Å². The van der Waals surface area contributed by atoms with Crippen LogP contribution >= 0.6 is 0 Å². The lowest BCUT2D eigenvalue weighted by atomic mass is 9.93. The fraction of sp³-hybridized carbons (Fsp3) is 0.600. The molecule has 1 N–H and O–H groups in total. The number of rotatable bonds is 4. The van der Waals surface area contributed by atoms with Crippen LogP contribution in [0.4, 0.5) is 5.82 Å². The maximum atomic E-state index is 11.1. The van der Waals surface area contributed by atoms with Crippen LogP contribution in [-0.2, 0) is 4.79 Å². The number of nitrogens with zero attached hydrogens (tertiary/aromatic N) is 2. The molecule has 4 nitrogen and oxygen atoms in total. The molecule has 1 saturated carbocycles. The first kappa shape index (κ1) is 12.5. The quantitative estimate of drug-likeness (QED) is 0.846. The fourth-order valence-corrected chi connectivity index (χ4v) is 2.89. The van der Waals surface area contributed by atoms with Crippen LogP contribution in [-0.4, -0.2) is 28.9 Å². The minimum atomic E-state index is 0.219. The van der Waals surface area contributed by atoms with Crippen molar-refractivity contribution in [2.45, 2.75) is 50.6 Å². The first-order chi connectivity index (χ1) is 9.36. The lowest BCUT2D eigenvalue weighted by Crippen LogP contribution is -2.32. The number of anilines is 1. The van der Waals surface area contributed by atoms with Crippen LogP contribution in [0.25, 0.3) is 0 Å². The number of hydrogen-bond donors (Lipinski definition) is 1. The molecule has 2 heterocycles. The van der Waals surface area contributed by atoms with E-state index in [9.17, 15) is 4.79 Å². The zero-order chi connectivity index (χ0) is 13.1. The van der Waals surface area contributed by atoms with Gasteiger partial charge in [0.25, 0.3) is 0 Å². The minimum absolute atomic E-state index is 0.219. The molecule has 0 bridgehead atoms. The molecule has 1 amide bonds. The lowest BCUT2D eigenvalue weighted by molar-refractivity contribution is -0.121. The van der Waals surface area contributed by atoms with E-state index in [0.717, 1.165) is 37.2 Å². The SMILES string of the molecule is O=CN1CCCC[C@@H]1c1ccc(NC2CCC2)nc1. The van der Waals surface area contributed by atoms with Gasteiger partial charge in [0.15, 0.2) is 0 Å². The van der Waals surface area contributed by atoms with Crippen LogP contribution < -0.4 is 5.32 Å². The summed E-state index contributed by atoms with van der Waals surface area (Å²) in [5.41, 5.74) is 1.16. The molecule has 1 saturated heterocycles. The second-order valence-corrected chi connectivity index (χ2v) is 5.60. The Bertz CT molecular complexity index is 428. The second-order valence-electron chi connectivity index (χ2n) is 5.60. The van der Waals surface area contributed by atoms with E-state index in [0.29, 0.717) is 6.04 Å². The normalized spacial score (nSPS) is 23.8. The Hall–Kier alpha value is -1.58. The predicted octanol–water partition coefficient (Wildman–Crippen LogP) is 2.73. The molecule has 0 unspecified atom stereocenters. The number of carbonyl (C=O) groups excluding carboxylic acids is 1. The summed E-state index contributed by atoms with van der Waals surface area (Å²) in [6, 6.07) is 4.99. The Labute approximate surface area is 114 Å². The van der Waals surface area contributed by atoms with Gasteiger partial charge in [-0.15, -0.1) is 0 Å². The van der Waals surface area contributed by atoms with Crippen LogP contribution in [0, 0.1) is 0 Å². The van der Waals surface area contributed by atoms with Crippen LogP contribution in [0.15, 0.2) is 18.3 Å². The molecular weight excluding hydrogens is 238 g/mol. The highest BCUT2D eigenvalue weighted by atomic mass is 16.1. The molecule has 1 aromatic heterocycles. The van der Waals surface area contributed by atoms with Gasteiger partial charge in [-0.1, -0.05) is 6.07 Å². The molecule has 1 aromatic rings. The lowest BCUT2D eigenvalue weighted by Gasteiger charge is -2.33. The van der Waals surface area contributed by atoms with Gasteiger partial charge in [0.05, 0.1) is 6.04 Å². The predicted molar refractivity (Wildman–Crippen MR) is 74.9 cm³/mol. The van der Waals surface area contributed by atoms with Gasteiger partial charge in [-0.3, -0.25) is 4.79 Å². The van der Waals surface area contributed by atoms with E-state index in [2.05, 4.69) is 16.4 Å². The largest absolute Gasteiger partial charge is 0.367 e. The number of pyridine rings is 1. The average molecular weight is 259 g/mol. The summed E-state index contributed by atoms with van der Waals surface area (Å²) >= 11 is 0. The molecule has 102 valence electrons. The Kier molecular flexibility index (Phi) is 3.67. The molecule has 1 atom stereocenters. The fourth-order valence-electron chi connectivity index (χ4n) is 2.89. The zero-order valence-corrected chi connectivity index (χ0v) is 11.2. The van der Waals surface area contributed by atoms with Gasteiger partial charge in [0, 0.05) is 18.8 Å². The number of likely N-dealkylation sites (tertiary alicyclic amines) is 1. The highest BCUT2D eigenvalue weighted by Gasteiger charge is 2.23. The summed E-state index contributed by atoms with van der Waals surface area (Å²) in [6.45, 7) is 0.871. The molecule has 3 rings (SSSR count). The highest BCUT2D eigenvalue weighted by Crippen LogP contribution is 2.30. The molecule has 1 aliphatic carbocycles. The van der Waals surface area contributed by atoms with Crippen molar-refractivity contribution in [1.29, 1.82) is 0 Å². The van der Waals surface area contributed by atoms with Gasteiger partial charge in [0.1, 0.15) is 5.82 Å². The molecular formula is C15H21N3O. The zero-order valence-electron chi connectivity index (χ0n) is 11.2. The van der Waals surface area contributed by atoms with Crippen molar-refractivity contribution in [2.24, 2.45) is 0 Å². The van der Waals surface area contributed by atoms with Gasteiger partial charge >= 0.3 is 0 Å². The van der Waals surface area contributed by atoms with Gasteiger partial charge in [-0.25, -0.2) is 4.98 Å². The van der Waals surface area contributed by atoms with Gasteiger partial charge in [-0.2, -0.15) is 0 Å². The summed E-state index contributed by atoms with van der Waals surface area (Å²) in [6.07, 6.45) is 10.1. The molecule has 0 spiro atoms. The summed E-state index contributed by atoms with van der Waals surface area (Å²) in [5.74, 6) is 0.960. The van der Waals surface area contributed by atoms with E-state index in [1.165, 1.54) is 25.7 Å². The summed E-state index contributed by atoms with van der Waals surface area (Å²) in [7, 11) is 0. The van der Waals surface area contributed by atoms with Crippen LogP contribution in [0.2, 0.25) is 0 Å². The van der Waals surface area contributed by atoms with Gasteiger partial charge in [0.2, 0.25) is 6.41 Å². The maximum Gasteiger partial charge on any atom is 0.210 e. The highest BCUT2D eigenvalue weighted by molar-refractivity contribution is 5.49. The van der Waals surface area contributed by atoms with Crippen LogP contribution in [0.3, 0.4) is 0 Å². The summed E-state index contributed by atoms with van der Waals surface area (Å²) in [4.78, 5) is 17.5. The minimum Gasteiger partial charge on any atom is -0.367 e. The number of aromatic nitrogens is 1. The summed E-state index contributed by atoms with van der Waals surface area (Å²) < 4.78 is 0. The monoisotopic (exact) mass is 259 g/mol. The molecule has 2 aliphatic rings. The number of carbonyl (C=O) groups is 1. The molecule has 0 aromatic carbocycles. The third-order valence-corrected chi connectivity index (χ3v) is 4.31. The Morgan fingerprint density at radius 1 is 1.21 bits per heavy atom. The molecule has 1 aliphatic heterocycles. The van der Waals surface area contributed by atoms with E-state index < -0.39 is 0 Å². The van der Waals surface area contributed by atoms with Crippen molar-refractivity contribution in [2.75, 3.05) is 11.9 Å². The maximum absolute atomic E-state index is 11.1. The van der Waals surface area contributed by atoms with E-state index >= 15 is 0 Å². The molecule has 4 heteroatoms. The average Bonchev–Trinajstić information content (AvgIpc) is 2.43. The number of hydrogen-bond acceptors (Lipinski definition) is 3. The smallest absolute Gasteiger partial charge is 0.210 e. The number of piperidine rings is 1. The van der Waals surface area contributed by atoms with E-state index in [1.807, 2.05) is 17.2 Å². The Balaban J connectivity index is 1.68. The summed E-state index contributed by atoms with van der Waals surface area (Å²) in [5, 5.41) is 3.44. The number of amides is 1. The first-order valence-corrected chi connectivity index (χ1v) is 7.30. The van der Waals surface area contributed by atoms with E-state index in [1.54, 1.807) is 0 Å². The Morgan fingerprint density at radius 2 is 2.11 bits per heavy atom. The van der Waals surface area contributed by atoms with Crippen LogP contribution in [0.5, 0.6) is 0 Å². The van der Waals surface area contributed by atoms with Crippen molar-refractivity contribution in [1.82, 2.24) is 9.88 Å². The molecule has 2 fully saturated rings. The van der Waals surface area contributed by atoms with Crippen molar-refractivity contribution >= 4 is 12.2 Å². The second kappa shape index (κ2) is 5.59. The van der Waals surface area contributed by atoms with Crippen molar-refractivity contribution in [3.63, 3.8) is 0 Å². The van der Waals surface area contributed by atoms with Crippen molar-refractivity contribution < 1.29 is 4.79 Å². The third kappa shape index (κ3) is 2.72. The standard InChI is InChI=1S/C15H21N3O/c19-11-18-9-2-1-6-14(18)12-7-8-15(16-10-12)17-13-4-3-5-13/h7-8,10-11,13-14H,1-6,9H2,(H,16,17)/t14-/m1/s1. The molecule has 19 heavy (non-hydrogen) atoms. The van der Waals surface area contributed by atoms with Crippen LogP contribution in [0.1, 0.15) is 50.1 Å². The first-order valence-electron chi connectivity index (χ1n) is 7.30. The van der Waals surface area contributed by atoms with Crippen molar-refractivity contribution in [3.05, 3.63) is 23.9 Å². The van der Waals surface area contributed by atoms with Crippen molar-refractivity contribution in [3.8, 4) is 0 Å². The third-order valence-electron chi connectivity index (χ3n) is 4.31.